The highest BCUT2D eigenvalue weighted by atomic mass is 19.1. The van der Waals surface area contributed by atoms with Crippen LogP contribution in [0.5, 0.6) is 0 Å². The first kappa shape index (κ1) is 17.6. The fourth-order valence-corrected chi connectivity index (χ4v) is 2.96. The topological polar surface area (TPSA) is 64.0 Å². The molecule has 0 bridgehead atoms. The molecule has 4 rings (SSSR count). The van der Waals surface area contributed by atoms with Crippen molar-refractivity contribution in [3.63, 3.8) is 0 Å². The van der Waals surface area contributed by atoms with Gasteiger partial charge in [-0.1, -0.05) is 42.5 Å². The number of nitrogens with one attached hydrogen (secondary N) is 1. The molecular weight excluding hydrogens is 357 g/mol. The molecule has 3 aromatic carbocycles. The molecule has 0 aliphatic carbocycles. The number of nitrogens with zero attached hydrogens (tertiary/aromatic N) is 2. The summed E-state index contributed by atoms with van der Waals surface area (Å²) in [7, 11) is 0. The van der Waals surface area contributed by atoms with Crippen LogP contribution >= 0.6 is 0 Å². The number of carbonyl (C=O) groups excluding carboxylic acids is 1. The van der Waals surface area contributed by atoms with Crippen LogP contribution in [0.3, 0.4) is 0 Å². The van der Waals surface area contributed by atoms with Gasteiger partial charge in [-0.2, -0.15) is 5.10 Å². The highest BCUT2D eigenvalue weighted by Gasteiger charge is 2.17. The zero-order valence-electron chi connectivity index (χ0n) is 14.8. The van der Waals surface area contributed by atoms with Crippen LogP contribution in [0.15, 0.2) is 83.7 Å². The number of para-hydroxylation sites is 2. The molecule has 1 heterocycles. The summed E-state index contributed by atoms with van der Waals surface area (Å²) < 4.78 is 14.6. The fourth-order valence-electron chi connectivity index (χ4n) is 2.96. The summed E-state index contributed by atoms with van der Waals surface area (Å²) in [5, 5.41) is 7.42. The number of amides is 1. The first-order valence-corrected chi connectivity index (χ1v) is 8.73. The minimum atomic E-state index is -0.579. The quantitative estimate of drug-likeness (QED) is 0.596. The van der Waals surface area contributed by atoms with Crippen molar-refractivity contribution in [3.8, 4) is 5.69 Å². The Labute approximate surface area is 160 Å². The lowest BCUT2D eigenvalue weighted by molar-refractivity contribution is 0.0943. The van der Waals surface area contributed by atoms with Gasteiger partial charge in [0.25, 0.3) is 5.91 Å². The largest absolute Gasteiger partial charge is 0.346 e. The minimum Gasteiger partial charge on any atom is -0.346 e. The molecule has 5 nitrogen and oxygen atoms in total. The normalized spacial score (nSPS) is 10.8. The van der Waals surface area contributed by atoms with E-state index in [0.29, 0.717) is 10.9 Å². The third kappa shape index (κ3) is 3.40. The third-order valence-corrected chi connectivity index (χ3v) is 4.37. The molecule has 0 spiro atoms. The van der Waals surface area contributed by atoms with Crippen molar-refractivity contribution in [1.82, 2.24) is 15.1 Å². The van der Waals surface area contributed by atoms with Gasteiger partial charge in [0.2, 0.25) is 5.43 Å². The van der Waals surface area contributed by atoms with E-state index in [0.717, 1.165) is 11.3 Å². The van der Waals surface area contributed by atoms with Crippen molar-refractivity contribution >= 4 is 16.8 Å². The Balaban J connectivity index is 1.74. The maximum atomic E-state index is 13.0. The van der Waals surface area contributed by atoms with E-state index in [9.17, 15) is 14.0 Å². The maximum Gasteiger partial charge on any atom is 0.276 e. The summed E-state index contributed by atoms with van der Waals surface area (Å²) in [5.41, 5.74) is 1.46. The summed E-state index contributed by atoms with van der Waals surface area (Å²) >= 11 is 0. The van der Waals surface area contributed by atoms with Crippen molar-refractivity contribution in [2.24, 2.45) is 0 Å². The van der Waals surface area contributed by atoms with Gasteiger partial charge in [0.05, 0.1) is 16.6 Å². The van der Waals surface area contributed by atoms with Crippen molar-refractivity contribution in [2.75, 3.05) is 0 Å². The van der Waals surface area contributed by atoms with Crippen molar-refractivity contribution < 1.29 is 9.18 Å². The second-order valence-corrected chi connectivity index (χ2v) is 6.25. The van der Waals surface area contributed by atoms with Gasteiger partial charge >= 0.3 is 0 Å². The average Bonchev–Trinajstić information content (AvgIpc) is 2.74. The van der Waals surface area contributed by atoms with Crippen LogP contribution in [0.4, 0.5) is 4.39 Å². The fraction of sp³-hybridized carbons (Fsp3) is 0.0455. The Morgan fingerprint density at radius 1 is 0.929 bits per heavy atom. The van der Waals surface area contributed by atoms with Gasteiger partial charge in [-0.15, -0.1) is 0 Å². The molecule has 28 heavy (non-hydrogen) atoms. The van der Waals surface area contributed by atoms with Gasteiger partial charge in [0, 0.05) is 6.54 Å². The van der Waals surface area contributed by atoms with Gasteiger partial charge in [0.15, 0.2) is 5.69 Å². The summed E-state index contributed by atoms with van der Waals surface area (Å²) in [5.74, 6) is -0.929. The molecule has 4 aromatic rings. The van der Waals surface area contributed by atoms with E-state index < -0.39 is 11.3 Å². The molecule has 0 radical (unpaired) electrons. The van der Waals surface area contributed by atoms with Gasteiger partial charge < -0.3 is 5.32 Å². The molecule has 138 valence electrons. The van der Waals surface area contributed by atoms with E-state index >= 15 is 0 Å². The smallest absolute Gasteiger partial charge is 0.276 e. The van der Waals surface area contributed by atoms with Crippen LogP contribution in [0, 0.1) is 5.82 Å². The van der Waals surface area contributed by atoms with E-state index in [1.165, 1.54) is 12.1 Å². The Morgan fingerprint density at radius 3 is 2.36 bits per heavy atom. The predicted molar refractivity (Wildman–Crippen MR) is 105 cm³/mol. The Hall–Kier alpha value is -3.80. The summed E-state index contributed by atoms with van der Waals surface area (Å²) in [6.07, 6.45) is 0. The first-order valence-electron chi connectivity index (χ1n) is 8.73. The molecular formula is C22H16FN3O2. The van der Waals surface area contributed by atoms with Gasteiger partial charge in [-0.25, -0.2) is 9.07 Å². The van der Waals surface area contributed by atoms with Gasteiger partial charge in [-0.3, -0.25) is 9.59 Å². The molecule has 0 fully saturated rings. The number of fused-ring (bicyclic) bond motifs is 1. The Kier molecular flexibility index (Phi) is 4.68. The van der Waals surface area contributed by atoms with Gasteiger partial charge in [-0.05, 0) is 42.0 Å². The van der Waals surface area contributed by atoms with Crippen LogP contribution in [-0.4, -0.2) is 15.7 Å². The monoisotopic (exact) mass is 373 g/mol. The van der Waals surface area contributed by atoms with Crippen LogP contribution in [0.1, 0.15) is 16.1 Å². The number of hydrogen-bond donors (Lipinski definition) is 1. The number of carbonyl (C=O) groups is 1. The highest BCUT2D eigenvalue weighted by molar-refractivity contribution is 5.95. The summed E-state index contributed by atoms with van der Waals surface area (Å²) in [4.78, 5) is 25.5. The van der Waals surface area contributed by atoms with Crippen LogP contribution < -0.4 is 10.7 Å². The van der Waals surface area contributed by atoms with Crippen LogP contribution in [-0.2, 0) is 6.54 Å². The average molecular weight is 373 g/mol. The first-order chi connectivity index (χ1) is 13.6. The minimum absolute atomic E-state index is 0.165. The second-order valence-electron chi connectivity index (χ2n) is 6.25. The summed E-state index contributed by atoms with van der Waals surface area (Å²) in [6.45, 7) is 0.165. The lowest BCUT2D eigenvalue weighted by atomic mass is 10.1. The van der Waals surface area contributed by atoms with E-state index in [2.05, 4.69) is 10.4 Å². The Bertz CT molecular complexity index is 1200. The maximum absolute atomic E-state index is 13.0. The number of hydrogen-bond acceptors (Lipinski definition) is 3. The zero-order valence-corrected chi connectivity index (χ0v) is 14.8. The molecule has 0 aliphatic heterocycles. The van der Waals surface area contributed by atoms with E-state index in [1.54, 1.807) is 35.0 Å². The van der Waals surface area contributed by atoms with E-state index in [4.69, 9.17) is 0 Å². The number of halogens is 1. The predicted octanol–water partition coefficient (Wildman–Crippen LogP) is 3.45. The molecule has 1 amide bonds. The highest BCUT2D eigenvalue weighted by Crippen LogP contribution is 2.15. The molecule has 0 unspecified atom stereocenters. The van der Waals surface area contributed by atoms with Crippen molar-refractivity contribution in [1.29, 1.82) is 0 Å². The SMILES string of the molecule is O=C(NCc1ccc(F)cc1)c1nn(-c2ccccc2)c2ccccc2c1=O. The summed E-state index contributed by atoms with van der Waals surface area (Å²) in [6, 6.07) is 22.1. The van der Waals surface area contributed by atoms with E-state index in [1.807, 2.05) is 36.4 Å². The second kappa shape index (κ2) is 7.44. The molecule has 1 N–H and O–H groups in total. The lowest BCUT2D eigenvalue weighted by Gasteiger charge is -2.12. The Morgan fingerprint density at radius 2 is 1.61 bits per heavy atom. The molecule has 1 aromatic heterocycles. The van der Waals surface area contributed by atoms with Crippen molar-refractivity contribution in [2.45, 2.75) is 6.54 Å². The number of benzene rings is 3. The van der Waals surface area contributed by atoms with Crippen molar-refractivity contribution in [3.05, 3.63) is 106 Å². The third-order valence-electron chi connectivity index (χ3n) is 4.37. The molecule has 0 aliphatic rings. The van der Waals surface area contributed by atoms with E-state index in [-0.39, 0.29) is 18.1 Å². The molecule has 0 atom stereocenters. The lowest BCUT2D eigenvalue weighted by Crippen LogP contribution is -2.31. The number of aromatic nitrogens is 2. The van der Waals surface area contributed by atoms with Crippen LogP contribution in [0.2, 0.25) is 0 Å². The molecule has 6 heteroatoms. The molecule has 0 saturated carbocycles. The molecule has 0 saturated heterocycles. The number of rotatable bonds is 4. The van der Waals surface area contributed by atoms with Gasteiger partial charge in [0.1, 0.15) is 5.82 Å². The zero-order chi connectivity index (χ0) is 19.5. The van der Waals surface area contributed by atoms with Crippen LogP contribution in [0.25, 0.3) is 16.6 Å². The standard InChI is InChI=1S/C22H16FN3O2/c23-16-12-10-15(11-13-16)14-24-22(28)20-21(27)18-8-4-5-9-19(18)26(25-20)17-6-2-1-3-7-17/h1-13H,14H2,(H,24,28).